The SMILES string of the molecule is CN(C)c1ccc(-c2nc(C(=O)Nc3cnn(C)c3C3CCC(N)CCO3)cs2)cn1. The number of anilines is 2. The maximum Gasteiger partial charge on any atom is 0.275 e. The van der Waals surface area contributed by atoms with Crippen molar-refractivity contribution < 1.29 is 9.53 Å². The van der Waals surface area contributed by atoms with E-state index in [0.717, 1.165) is 41.3 Å². The molecule has 1 amide bonds. The van der Waals surface area contributed by atoms with Gasteiger partial charge in [-0.15, -0.1) is 11.3 Å². The number of nitrogens with zero attached hydrogens (tertiary/aromatic N) is 5. The number of pyridine rings is 1. The van der Waals surface area contributed by atoms with Crippen molar-refractivity contribution in [3.05, 3.63) is 41.3 Å². The van der Waals surface area contributed by atoms with E-state index in [0.29, 0.717) is 18.0 Å². The van der Waals surface area contributed by atoms with Gasteiger partial charge in [-0.3, -0.25) is 9.48 Å². The molecule has 4 rings (SSSR count). The van der Waals surface area contributed by atoms with Gasteiger partial charge in [-0.05, 0) is 31.4 Å². The summed E-state index contributed by atoms with van der Waals surface area (Å²) < 4.78 is 7.75. The Morgan fingerprint density at radius 3 is 2.87 bits per heavy atom. The Morgan fingerprint density at radius 1 is 1.29 bits per heavy atom. The predicted molar refractivity (Wildman–Crippen MR) is 121 cm³/mol. The summed E-state index contributed by atoms with van der Waals surface area (Å²) in [6.07, 6.45) is 5.77. The van der Waals surface area contributed by atoms with E-state index in [1.807, 2.05) is 38.2 Å². The summed E-state index contributed by atoms with van der Waals surface area (Å²) in [6.45, 7) is 0.598. The molecule has 4 heterocycles. The van der Waals surface area contributed by atoms with Crippen LogP contribution in [-0.4, -0.2) is 52.4 Å². The lowest BCUT2D eigenvalue weighted by molar-refractivity contribution is 0.0529. The third-order valence-corrected chi connectivity index (χ3v) is 6.23. The average molecular weight is 442 g/mol. The second-order valence-corrected chi connectivity index (χ2v) is 8.70. The lowest BCUT2D eigenvalue weighted by atomic mass is 10.1. The van der Waals surface area contributed by atoms with Crippen LogP contribution >= 0.6 is 11.3 Å². The molecule has 0 bridgehead atoms. The van der Waals surface area contributed by atoms with Crippen molar-refractivity contribution in [1.29, 1.82) is 0 Å². The van der Waals surface area contributed by atoms with Gasteiger partial charge < -0.3 is 20.7 Å². The number of amides is 1. The molecule has 1 fully saturated rings. The lowest BCUT2D eigenvalue weighted by Crippen LogP contribution is -2.19. The van der Waals surface area contributed by atoms with Crippen molar-refractivity contribution in [2.24, 2.45) is 12.8 Å². The summed E-state index contributed by atoms with van der Waals surface area (Å²) in [5.41, 5.74) is 8.79. The first kappa shape index (κ1) is 21.4. The summed E-state index contributed by atoms with van der Waals surface area (Å²) in [5, 5.41) is 9.78. The third kappa shape index (κ3) is 4.76. The van der Waals surface area contributed by atoms with Crippen molar-refractivity contribution in [1.82, 2.24) is 19.7 Å². The van der Waals surface area contributed by atoms with Gasteiger partial charge in [-0.1, -0.05) is 0 Å². The first-order chi connectivity index (χ1) is 14.9. The smallest absolute Gasteiger partial charge is 0.275 e. The fraction of sp³-hybridized carbons (Fsp3) is 0.429. The summed E-state index contributed by atoms with van der Waals surface area (Å²) in [4.78, 5) is 23.7. The minimum Gasteiger partial charge on any atom is -0.372 e. The molecule has 0 saturated carbocycles. The quantitative estimate of drug-likeness (QED) is 0.626. The molecule has 1 saturated heterocycles. The van der Waals surface area contributed by atoms with Gasteiger partial charge in [-0.25, -0.2) is 9.97 Å². The first-order valence-corrected chi connectivity index (χ1v) is 11.1. The molecule has 3 aromatic heterocycles. The summed E-state index contributed by atoms with van der Waals surface area (Å²) in [7, 11) is 5.73. The molecule has 3 N–H and O–H groups in total. The van der Waals surface area contributed by atoms with Gasteiger partial charge in [0.1, 0.15) is 22.6 Å². The van der Waals surface area contributed by atoms with Crippen LogP contribution in [0.2, 0.25) is 0 Å². The van der Waals surface area contributed by atoms with Crippen LogP contribution in [0, 0.1) is 0 Å². The van der Waals surface area contributed by atoms with Gasteiger partial charge in [0.05, 0.1) is 17.6 Å². The van der Waals surface area contributed by atoms with Crippen molar-refractivity contribution in [2.75, 3.05) is 30.9 Å². The second-order valence-electron chi connectivity index (χ2n) is 7.84. The Hall–Kier alpha value is -2.82. The molecule has 0 spiro atoms. The largest absolute Gasteiger partial charge is 0.372 e. The Balaban J connectivity index is 1.49. The van der Waals surface area contributed by atoms with Gasteiger partial charge >= 0.3 is 0 Å². The van der Waals surface area contributed by atoms with Crippen molar-refractivity contribution >= 4 is 28.7 Å². The van der Waals surface area contributed by atoms with Crippen LogP contribution in [0.25, 0.3) is 10.6 Å². The lowest BCUT2D eigenvalue weighted by Gasteiger charge is -2.17. The highest BCUT2D eigenvalue weighted by atomic mass is 32.1. The van der Waals surface area contributed by atoms with E-state index in [1.165, 1.54) is 11.3 Å². The molecule has 10 heteroatoms. The number of carbonyl (C=O) groups is 1. The number of aromatic nitrogens is 4. The number of carbonyl (C=O) groups excluding carboxylic acids is 1. The molecule has 1 aliphatic rings. The number of thiazole rings is 1. The summed E-state index contributed by atoms with van der Waals surface area (Å²) in [6, 6.07) is 4.03. The molecule has 0 aromatic carbocycles. The summed E-state index contributed by atoms with van der Waals surface area (Å²) in [5.74, 6) is 0.587. The number of ether oxygens (including phenoxy) is 1. The Labute approximate surface area is 185 Å². The highest BCUT2D eigenvalue weighted by Crippen LogP contribution is 2.32. The number of rotatable bonds is 5. The second kappa shape index (κ2) is 9.13. The standard InChI is InChI=1S/C21H27N7O2S/c1-27(2)18-7-4-13(10-23-18)21-26-16(12-31-21)20(29)25-15-11-24-28(3)19(15)17-6-5-14(22)8-9-30-17/h4,7,10-12,14,17H,5-6,8-9,22H2,1-3H3,(H,25,29). The van der Waals surface area contributed by atoms with E-state index >= 15 is 0 Å². The highest BCUT2D eigenvalue weighted by molar-refractivity contribution is 7.13. The maximum atomic E-state index is 12.9. The van der Waals surface area contributed by atoms with Crippen LogP contribution in [0.3, 0.4) is 0 Å². The molecule has 0 radical (unpaired) electrons. The maximum absolute atomic E-state index is 12.9. The van der Waals surface area contributed by atoms with Crippen LogP contribution in [-0.2, 0) is 11.8 Å². The third-order valence-electron chi connectivity index (χ3n) is 5.33. The number of nitrogens with one attached hydrogen (secondary N) is 1. The van der Waals surface area contributed by atoms with Gasteiger partial charge in [0.25, 0.3) is 5.91 Å². The van der Waals surface area contributed by atoms with E-state index in [2.05, 4.69) is 20.4 Å². The van der Waals surface area contributed by atoms with Crippen LogP contribution in [0.4, 0.5) is 11.5 Å². The van der Waals surface area contributed by atoms with E-state index in [1.54, 1.807) is 22.5 Å². The zero-order valence-corrected chi connectivity index (χ0v) is 18.7. The molecule has 0 aliphatic carbocycles. The van der Waals surface area contributed by atoms with Crippen molar-refractivity contribution in [2.45, 2.75) is 31.4 Å². The molecule has 2 atom stereocenters. The number of hydrogen-bond acceptors (Lipinski definition) is 8. The van der Waals surface area contributed by atoms with Gasteiger partial charge in [-0.2, -0.15) is 5.10 Å². The molecule has 31 heavy (non-hydrogen) atoms. The summed E-state index contributed by atoms with van der Waals surface area (Å²) >= 11 is 1.41. The first-order valence-electron chi connectivity index (χ1n) is 10.2. The van der Waals surface area contributed by atoms with Crippen LogP contribution in [0.1, 0.15) is 41.5 Å². The zero-order valence-electron chi connectivity index (χ0n) is 17.9. The molecular formula is C21H27N7O2S. The van der Waals surface area contributed by atoms with Crippen LogP contribution in [0.15, 0.2) is 29.9 Å². The van der Waals surface area contributed by atoms with Crippen molar-refractivity contribution in [3.8, 4) is 10.6 Å². The van der Waals surface area contributed by atoms with E-state index in [4.69, 9.17) is 10.5 Å². The van der Waals surface area contributed by atoms with Crippen molar-refractivity contribution in [3.63, 3.8) is 0 Å². The fourth-order valence-corrected chi connectivity index (χ4v) is 4.36. The molecule has 164 valence electrons. The fourth-order valence-electron chi connectivity index (χ4n) is 3.57. The number of hydrogen-bond donors (Lipinski definition) is 2. The van der Waals surface area contributed by atoms with Gasteiger partial charge in [0, 0.05) is 50.9 Å². The molecule has 2 unspecified atom stereocenters. The molecular weight excluding hydrogens is 414 g/mol. The number of nitrogens with two attached hydrogens (primary N) is 1. The van der Waals surface area contributed by atoms with Gasteiger partial charge in [0.2, 0.25) is 0 Å². The minimum atomic E-state index is -0.278. The topological polar surface area (TPSA) is 111 Å². The monoisotopic (exact) mass is 441 g/mol. The van der Waals surface area contributed by atoms with Crippen LogP contribution < -0.4 is 16.0 Å². The Kier molecular flexibility index (Phi) is 6.30. The van der Waals surface area contributed by atoms with E-state index in [9.17, 15) is 4.79 Å². The zero-order chi connectivity index (χ0) is 22.0. The Bertz CT molecular complexity index is 1040. The van der Waals surface area contributed by atoms with E-state index < -0.39 is 0 Å². The molecule has 9 nitrogen and oxygen atoms in total. The van der Waals surface area contributed by atoms with Gasteiger partial charge in [0.15, 0.2) is 0 Å². The molecule has 1 aliphatic heterocycles. The highest BCUT2D eigenvalue weighted by Gasteiger charge is 2.25. The van der Waals surface area contributed by atoms with E-state index in [-0.39, 0.29) is 18.1 Å². The predicted octanol–water partition coefficient (Wildman–Crippen LogP) is 2.83. The number of aryl methyl sites for hydroxylation is 1. The minimum absolute atomic E-state index is 0.144. The average Bonchev–Trinajstić information content (AvgIpc) is 3.32. The normalized spacial score (nSPS) is 19.1. The molecule has 3 aromatic rings. The van der Waals surface area contributed by atoms with Crippen LogP contribution in [0.5, 0.6) is 0 Å². The Morgan fingerprint density at radius 2 is 2.13 bits per heavy atom.